The molecule has 2 rings (SSSR count). The molecule has 17 heavy (non-hydrogen) atoms. The second-order valence-corrected chi connectivity index (χ2v) is 4.60. The maximum absolute atomic E-state index is 12.0. The Balaban J connectivity index is 1.87. The summed E-state index contributed by atoms with van der Waals surface area (Å²) in [7, 11) is 0. The van der Waals surface area contributed by atoms with Crippen LogP contribution in [0, 0.1) is 0 Å². The van der Waals surface area contributed by atoms with Gasteiger partial charge < -0.3 is 15.1 Å². The molecule has 1 aromatic rings. The van der Waals surface area contributed by atoms with E-state index in [1.54, 1.807) is 6.26 Å². The minimum Gasteiger partial charge on any atom is -0.467 e. The first kappa shape index (κ1) is 12.2. The van der Waals surface area contributed by atoms with Gasteiger partial charge in [-0.1, -0.05) is 12.8 Å². The van der Waals surface area contributed by atoms with Crippen LogP contribution in [-0.4, -0.2) is 18.5 Å². The molecule has 0 spiro atoms. The van der Waals surface area contributed by atoms with Gasteiger partial charge in [0.05, 0.1) is 18.3 Å². The Morgan fingerprint density at radius 1 is 1.53 bits per heavy atom. The van der Waals surface area contributed by atoms with Crippen molar-refractivity contribution in [1.82, 2.24) is 10.6 Å². The molecule has 1 aromatic heterocycles. The molecule has 2 atom stereocenters. The summed E-state index contributed by atoms with van der Waals surface area (Å²) < 4.78 is 5.27. The van der Waals surface area contributed by atoms with Crippen LogP contribution in [0.2, 0.25) is 0 Å². The van der Waals surface area contributed by atoms with Crippen molar-refractivity contribution in [2.75, 3.05) is 6.54 Å². The van der Waals surface area contributed by atoms with Crippen molar-refractivity contribution in [2.45, 2.75) is 44.7 Å². The number of furan rings is 1. The lowest BCUT2D eigenvalue weighted by Gasteiger charge is -2.18. The van der Waals surface area contributed by atoms with E-state index in [0.717, 1.165) is 31.6 Å². The average Bonchev–Trinajstić information content (AvgIpc) is 2.71. The molecule has 0 aromatic carbocycles. The molecule has 4 heteroatoms. The third kappa shape index (κ3) is 3.33. The van der Waals surface area contributed by atoms with Crippen molar-refractivity contribution in [3.05, 3.63) is 24.2 Å². The Morgan fingerprint density at radius 2 is 2.41 bits per heavy atom. The second-order valence-electron chi connectivity index (χ2n) is 4.60. The van der Waals surface area contributed by atoms with Crippen LogP contribution in [0.4, 0.5) is 0 Å². The maximum atomic E-state index is 12.0. The van der Waals surface area contributed by atoms with Gasteiger partial charge in [0.25, 0.3) is 0 Å². The summed E-state index contributed by atoms with van der Waals surface area (Å²) in [4.78, 5) is 12.0. The van der Waals surface area contributed by atoms with E-state index in [0.29, 0.717) is 0 Å². The summed E-state index contributed by atoms with van der Waals surface area (Å²) >= 11 is 0. The zero-order valence-electron chi connectivity index (χ0n) is 10.2. The SMILES string of the molecule is C[C@@H](NC(=O)C1CCCCCN1)c1ccco1. The molecule has 0 radical (unpaired) electrons. The maximum Gasteiger partial charge on any atom is 0.237 e. The van der Waals surface area contributed by atoms with Crippen molar-refractivity contribution in [3.63, 3.8) is 0 Å². The van der Waals surface area contributed by atoms with Crippen molar-refractivity contribution in [1.29, 1.82) is 0 Å². The van der Waals surface area contributed by atoms with Gasteiger partial charge in [0, 0.05) is 0 Å². The molecular formula is C13H20N2O2. The summed E-state index contributed by atoms with van der Waals surface area (Å²) in [5, 5.41) is 6.27. The monoisotopic (exact) mass is 236 g/mol. The number of rotatable bonds is 3. The van der Waals surface area contributed by atoms with Crippen molar-refractivity contribution < 1.29 is 9.21 Å². The van der Waals surface area contributed by atoms with E-state index < -0.39 is 0 Å². The van der Waals surface area contributed by atoms with Crippen LogP contribution in [0.25, 0.3) is 0 Å². The Morgan fingerprint density at radius 3 is 3.18 bits per heavy atom. The molecule has 0 saturated carbocycles. The van der Waals surface area contributed by atoms with Crippen LogP contribution in [-0.2, 0) is 4.79 Å². The number of amides is 1. The molecule has 4 nitrogen and oxygen atoms in total. The number of carbonyl (C=O) groups is 1. The number of hydrogen-bond acceptors (Lipinski definition) is 3. The smallest absolute Gasteiger partial charge is 0.237 e. The fourth-order valence-corrected chi connectivity index (χ4v) is 2.18. The Hall–Kier alpha value is -1.29. The van der Waals surface area contributed by atoms with E-state index in [1.165, 1.54) is 6.42 Å². The van der Waals surface area contributed by atoms with Gasteiger partial charge in [-0.15, -0.1) is 0 Å². The number of carbonyl (C=O) groups excluding carboxylic acids is 1. The third-order valence-electron chi connectivity index (χ3n) is 3.21. The zero-order valence-corrected chi connectivity index (χ0v) is 10.2. The third-order valence-corrected chi connectivity index (χ3v) is 3.21. The molecule has 1 aliphatic heterocycles. The molecule has 2 heterocycles. The fraction of sp³-hybridized carbons (Fsp3) is 0.615. The number of nitrogens with one attached hydrogen (secondary N) is 2. The van der Waals surface area contributed by atoms with Gasteiger partial charge in [-0.2, -0.15) is 0 Å². The van der Waals surface area contributed by atoms with Crippen molar-refractivity contribution in [3.8, 4) is 0 Å². The van der Waals surface area contributed by atoms with Gasteiger partial charge in [-0.3, -0.25) is 4.79 Å². The molecule has 0 bridgehead atoms. The molecule has 94 valence electrons. The average molecular weight is 236 g/mol. The molecule has 1 unspecified atom stereocenters. The van der Waals surface area contributed by atoms with Crippen molar-refractivity contribution >= 4 is 5.91 Å². The minimum absolute atomic E-state index is 0.0464. The van der Waals surface area contributed by atoms with Crippen LogP contribution in [0.3, 0.4) is 0 Å². The summed E-state index contributed by atoms with van der Waals surface area (Å²) in [6, 6.07) is 3.60. The predicted molar refractivity (Wildman–Crippen MR) is 65.5 cm³/mol. The first-order valence-electron chi connectivity index (χ1n) is 6.34. The molecule has 1 fully saturated rings. The van der Waals surface area contributed by atoms with Crippen LogP contribution >= 0.6 is 0 Å². The van der Waals surface area contributed by atoms with E-state index >= 15 is 0 Å². The Labute approximate surface area is 102 Å². The summed E-state index contributed by atoms with van der Waals surface area (Å²) in [5.74, 6) is 0.878. The Bertz CT molecular complexity index is 340. The molecule has 1 aliphatic rings. The highest BCUT2D eigenvalue weighted by atomic mass is 16.3. The van der Waals surface area contributed by atoms with E-state index in [9.17, 15) is 4.79 Å². The first-order valence-corrected chi connectivity index (χ1v) is 6.34. The quantitative estimate of drug-likeness (QED) is 0.844. The highest BCUT2D eigenvalue weighted by Crippen LogP contribution is 2.14. The van der Waals surface area contributed by atoms with Gasteiger partial charge >= 0.3 is 0 Å². The predicted octanol–water partition coefficient (Wildman–Crippen LogP) is 1.99. The van der Waals surface area contributed by atoms with Crippen molar-refractivity contribution in [2.24, 2.45) is 0 Å². The van der Waals surface area contributed by atoms with E-state index in [-0.39, 0.29) is 18.0 Å². The van der Waals surface area contributed by atoms with Gasteiger partial charge in [-0.25, -0.2) is 0 Å². The van der Waals surface area contributed by atoms with Gasteiger partial charge in [0.15, 0.2) is 0 Å². The van der Waals surface area contributed by atoms with Crippen LogP contribution in [0.1, 0.15) is 44.4 Å². The van der Waals surface area contributed by atoms with Gasteiger partial charge in [0.1, 0.15) is 5.76 Å². The lowest BCUT2D eigenvalue weighted by atomic mass is 10.1. The normalized spacial score (nSPS) is 22.8. The highest BCUT2D eigenvalue weighted by molar-refractivity contribution is 5.82. The molecule has 1 amide bonds. The minimum atomic E-state index is -0.0671. The van der Waals surface area contributed by atoms with Crippen LogP contribution in [0.5, 0.6) is 0 Å². The van der Waals surface area contributed by atoms with Crippen LogP contribution < -0.4 is 10.6 Å². The standard InChI is InChI=1S/C13H20N2O2/c1-10(12-7-5-9-17-12)15-13(16)11-6-3-2-4-8-14-11/h5,7,9-11,14H,2-4,6,8H2,1H3,(H,15,16)/t10-,11?/m1/s1. The lowest BCUT2D eigenvalue weighted by molar-refractivity contribution is -0.124. The highest BCUT2D eigenvalue weighted by Gasteiger charge is 2.21. The van der Waals surface area contributed by atoms with Gasteiger partial charge in [-0.05, 0) is 38.4 Å². The first-order chi connectivity index (χ1) is 8.27. The fourth-order valence-electron chi connectivity index (χ4n) is 2.18. The van der Waals surface area contributed by atoms with Gasteiger partial charge in [0.2, 0.25) is 5.91 Å². The molecule has 0 aliphatic carbocycles. The topological polar surface area (TPSA) is 54.3 Å². The van der Waals surface area contributed by atoms with E-state index in [2.05, 4.69) is 10.6 Å². The number of hydrogen-bond donors (Lipinski definition) is 2. The van der Waals surface area contributed by atoms with Crippen LogP contribution in [0.15, 0.2) is 22.8 Å². The van der Waals surface area contributed by atoms with E-state index in [1.807, 2.05) is 19.1 Å². The Kier molecular flexibility index (Phi) is 4.20. The summed E-state index contributed by atoms with van der Waals surface area (Å²) in [6.07, 6.45) is 6.06. The summed E-state index contributed by atoms with van der Waals surface area (Å²) in [6.45, 7) is 2.88. The molecule has 2 N–H and O–H groups in total. The lowest BCUT2D eigenvalue weighted by Crippen LogP contribution is -2.44. The molecule has 1 saturated heterocycles. The molecular weight excluding hydrogens is 216 g/mol. The summed E-state index contributed by atoms with van der Waals surface area (Å²) in [5.41, 5.74) is 0. The largest absolute Gasteiger partial charge is 0.467 e. The zero-order chi connectivity index (χ0) is 12.1. The second kappa shape index (κ2) is 5.87. The van der Waals surface area contributed by atoms with E-state index in [4.69, 9.17) is 4.42 Å².